The summed E-state index contributed by atoms with van der Waals surface area (Å²) in [5.74, 6) is 0. The highest BCUT2D eigenvalue weighted by molar-refractivity contribution is 7.89. The van der Waals surface area contributed by atoms with Gasteiger partial charge in [0, 0.05) is 43.8 Å². The fourth-order valence-electron chi connectivity index (χ4n) is 3.48. The van der Waals surface area contributed by atoms with Gasteiger partial charge in [-0.3, -0.25) is 4.98 Å². The zero-order valence-corrected chi connectivity index (χ0v) is 16.3. The monoisotopic (exact) mass is 387 g/mol. The molecular formula is C17H21N7O2S. The number of aromatic nitrogens is 6. The van der Waals surface area contributed by atoms with Gasteiger partial charge in [-0.05, 0) is 24.0 Å². The molecule has 3 aromatic rings. The number of pyridine rings is 1. The van der Waals surface area contributed by atoms with E-state index < -0.39 is 10.0 Å². The molecule has 3 aromatic heterocycles. The van der Waals surface area contributed by atoms with Crippen LogP contribution in [0.2, 0.25) is 0 Å². The lowest BCUT2D eigenvalue weighted by Crippen LogP contribution is -2.38. The molecule has 0 aliphatic carbocycles. The molecule has 10 heteroatoms. The minimum absolute atomic E-state index is 0.0864. The van der Waals surface area contributed by atoms with E-state index in [0.717, 1.165) is 16.9 Å². The largest absolute Gasteiger partial charge is 0.265 e. The molecular weight excluding hydrogens is 366 g/mol. The van der Waals surface area contributed by atoms with Crippen molar-refractivity contribution in [1.29, 1.82) is 0 Å². The second kappa shape index (κ2) is 6.24. The minimum Gasteiger partial charge on any atom is -0.265 e. The molecule has 0 bridgehead atoms. The summed E-state index contributed by atoms with van der Waals surface area (Å²) in [6.07, 6.45) is 7.19. The van der Waals surface area contributed by atoms with E-state index >= 15 is 0 Å². The van der Waals surface area contributed by atoms with Crippen LogP contribution in [-0.4, -0.2) is 49.0 Å². The number of rotatable bonds is 3. The summed E-state index contributed by atoms with van der Waals surface area (Å²) in [7, 11) is -2.14. The van der Waals surface area contributed by atoms with Gasteiger partial charge in [0.25, 0.3) is 10.0 Å². The first-order chi connectivity index (χ1) is 12.8. The maximum atomic E-state index is 13.2. The summed E-state index contributed by atoms with van der Waals surface area (Å²) in [5, 5.41) is 12.1. The molecule has 0 saturated heterocycles. The number of hydrogen-bond donors (Lipinski definition) is 0. The summed E-state index contributed by atoms with van der Waals surface area (Å²) >= 11 is 0. The molecule has 0 N–H and O–H groups in total. The van der Waals surface area contributed by atoms with Crippen molar-refractivity contribution in [1.82, 2.24) is 34.1 Å². The molecule has 1 aliphatic rings. The summed E-state index contributed by atoms with van der Waals surface area (Å²) in [6.45, 7) is 4.79. The van der Waals surface area contributed by atoms with Gasteiger partial charge in [-0.15, -0.1) is 5.10 Å². The second-order valence-electron chi connectivity index (χ2n) is 7.54. The molecule has 4 heterocycles. The summed E-state index contributed by atoms with van der Waals surface area (Å²) in [5.41, 5.74) is 2.56. The van der Waals surface area contributed by atoms with Crippen molar-refractivity contribution >= 4 is 10.0 Å². The molecule has 142 valence electrons. The average Bonchev–Trinajstić information content (AvgIpc) is 3.18. The molecule has 0 fully saturated rings. The van der Waals surface area contributed by atoms with Gasteiger partial charge in [-0.2, -0.15) is 9.40 Å². The van der Waals surface area contributed by atoms with Crippen LogP contribution in [-0.2, 0) is 30.0 Å². The second-order valence-corrected chi connectivity index (χ2v) is 9.43. The van der Waals surface area contributed by atoms with E-state index in [4.69, 9.17) is 0 Å². The van der Waals surface area contributed by atoms with Crippen molar-refractivity contribution in [3.8, 4) is 5.69 Å². The van der Waals surface area contributed by atoms with Gasteiger partial charge in [0.2, 0.25) is 0 Å². The van der Waals surface area contributed by atoms with Gasteiger partial charge in [-0.1, -0.05) is 19.1 Å². The average molecular weight is 387 g/mol. The lowest BCUT2D eigenvalue weighted by Gasteiger charge is -2.28. The van der Waals surface area contributed by atoms with E-state index in [2.05, 4.69) is 34.2 Å². The smallest absolute Gasteiger partial charge is 0.262 e. The SMILES string of the molecule is Cn1nncc1S(=O)(=O)N1Cc2cnn(-c3ccncc3)c2CC(C)(C)C1. The van der Waals surface area contributed by atoms with Crippen molar-refractivity contribution < 1.29 is 8.42 Å². The maximum Gasteiger partial charge on any atom is 0.262 e. The van der Waals surface area contributed by atoms with Crippen LogP contribution >= 0.6 is 0 Å². The highest BCUT2D eigenvalue weighted by Crippen LogP contribution is 2.33. The fraction of sp³-hybridized carbons (Fsp3) is 0.412. The Bertz CT molecular complexity index is 1070. The number of sulfonamides is 1. The van der Waals surface area contributed by atoms with Crippen molar-refractivity contribution in [2.45, 2.75) is 31.8 Å². The van der Waals surface area contributed by atoms with Crippen molar-refractivity contribution in [3.63, 3.8) is 0 Å². The highest BCUT2D eigenvalue weighted by atomic mass is 32.2. The maximum absolute atomic E-state index is 13.2. The van der Waals surface area contributed by atoms with Gasteiger partial charge in [0.15, 0.2) is 5.03 Å². The molecule has 1 aliphatic heterocycles. The minimum atomic E-state index is -3.72. The third kappa shape index (κ3) is 3.15. The van der Waals surface area contributed by atoms with Crippen molar-refractivity contribution in [3.05, 3.63) is 48.2 Å². The fourth-order valence-corrected chi connectivity index (χ4v) is 5.13. The van der Waals surface area contributed by atoms with Gasteiger partial charge < -0.3 is 0 Å². The third-order valence-electron chi connectivity index (χ3n) is 4.74. The summed E-state index contributed by atoms with van der Waals surface area (Å²) in [4.78, 5) is 4.05. The first-order valence-corrected chi connectivity index (χ1v) is 10.0. The van der Waals surface area contributed by atoms with E-state index in [9.17, 15) is 8.42 Å². The molecule has 0 unspecified atom stereocenters. The number of aryl methyl sites for hydroxylation is 1. The van der Waals surface area contributed by atoms with Gasteiger partial charge >= 0.3 is 0 Å². The van der Waals surface area contributed by atoms with Crippen LogP contribution < -0.4 is 0 Å². The van der Waals surface area contributed by atoms with E-state index in [1.165, 1.54) is 15.2 Å². The van der Waals surface area contributed by atoms with Crippen LogP contribution in [0.1, 0.15) is 25.1 Å². The quantitative estimate of drug-likeness (QED) is 0.669. The topological polar surface area (TPSA) is 98.8 Å². The molecule has 0 saturated carbocycles. The molecule has 0 atom stereocenters. The lowest BCUT2D eigenvalue weighted by atomic mass is 9.88. The molecule has 4 rings (SSSR count). The van der Waals surface area contributed by atoms with Gasteiger partial charge in [-0.25, -0.2) is 17.8 Å². The molecule has 0 radical (unpaired) electrons. The van der Waals surface area contributed by atoms with E-state index in [1.807, 2.05) is 16.8 Å². The van der Waals surface area contributed by atoms with E-state index in [1.54, 1.807) is 25.6 Å². The Balaban J connectivity index is 1.78. The predicted molar refractivity (Wildman–Crippen MR) is 97.4 cm³/mol. The zero-order valence-electron chi connectivity index (χ0n) is 15.4. The van der Waals surface area contributed by atoms with Crippen molar-refractivity contribution in [2.75, 3.05) is 6.54 Å². The molecule has 9 nitrogen and oxygen atoms in total. The summed E-state index contributed by atoms with van der Waals surface area (Å²) in [6, 6.07) is 3.78. The van der Waals surface area contributed by atoms with Crippen LogP contribution in [0.15, 0.2) is 41.9 Å². The Labute approximate surface area is 157 Å². The first kappa shape index (κ1) is 17.8. The lowest BCUT2D eigenvalue weighted by molar-refractivity contribution is 0.262. The third-order valence-corrected chi connectivity index (χ3v) is 6.57. The standard InChI is InChI=1S/C17H21N7O2S/c1-17(2)8-15-13(9-20-24(15)14-4-6-18-7-5-14)11-23(12-17)27(25,26)16-10-19-21-22(16)3/h4-7,9-10H,8,11-12H2,1-3H3. The van der Waals surface area contributed by atoms with Crippen LogP contribution in [0.25, 0.3) is 5.69 Å². The molecule has 0 aromatic carbocycles. The van der Waals surface area contributed by atoms with Crippen LogP contribution in [0.3, 0.4) is 0 Å². The van der Waals surface area contributed by atoms with E-state index in [0.29, 0.717) is 13.0 Å². The van der Waals surface area contributed by atoms with Gasteiger partial charge in [0.1, 0.15) is 0 Å². The number of hydrogen-bond acceptors (Lipinski definition) is 6. The zero-order chi connectivity index (χ0) is 19.2. The van der Waals surface area contributed by atoms with Crippen molar-refractivity contribution in [2.24, 2.45) is 12.5 Å². The number of nitrogens with zero attached hydrogens (tertiary/aromatic N) is 7. The van der Waals surface area contributed by atoms with Crippen LogP contribution in [0, 0.1) is 5.41 Å². The summed E-state index contributed by atoms with van der Waals surface area (Å²) < 4.78 is 31.0. The first-order valence-electron chi connectivity index (χ1n) is 8.59. The Hall–Kier alpha value is -2.59. The van der Waals surface area contributed by atoms with Gasteiger partial charge in [0.05, 0.1) is 18.1 Å². The molecule has 0 amide bonds. The Morgan fingerprint density at radius 2 is 1.89 bits per heavy atom. The Kier molecular flexibility index (Phi) is 4.11. The molecule has 27 heavy (non-hydrogen) atoms. The highest BCUT2D eigenvalue weighted by Gasteiger charge is 2.37. The van der Waals surface area contributed by atoms with Crippen LogP contribution in [0.4, 0.5) is 0 Å². The predicted octanol–water partition coefficient (Wildman–Crippen LogP) is 1.17. The van der Waals surface area contributed by atoms with Crippen LogP contribution in [0.5, 0.6) is 0 Å². The number of fused-ring (bicyclic) bond motifs is 1. The Morgan fingerprint density at radius 3 is 2.56 bits per heavy atom. The molecule has 0 spiro atoms. The normalized spacial score (nSPS) is 17.4. The Morgan fingerprint density at radius 1 is 1.15 bits per heavy atom. The van der Waals surface area contributed by atoms with E-state index in [-0.39, 0.29) is 17.0 Å².